The van der Waals surface area contributed by atoms with Gasteiger partial charge in [0.1, 0.15) is 6.54 Å². The largest absolute Gasteiger partial charge is 0.396 e. The fourth-order valence-corrected chi connectivity index (χ4v) is 5.05. The van der Waals surface area contributed by atoms with Crippen LogP contribution in [0.25, 0.3) is 0 Å². The molecule has 0 saturated heterocycles. The highest BCUT2D eigenvalue weighted by molar-refractivity contribution is 5.20. The van der Waals surface area contributed by atoms with Crippen LogP contribution in [0.5, 0.6) is 0 Å². The molecule has 1 aromatic rings. The van der Waals surface area contributed by atoms with Crippen LogP contribution < -0.4 is 4.57 Å². The van der Waals surface area contributed by atoms with Crippen LogP contribution in [0.2, 0.25) is 0 Å². The Morgan fingerprint density at radius 2 is 1.15 bits per heavy atom. The van der Waals surface area contributed by atoms with E-state index in [1.165, 1.54) is 83.0 Å². The predicted molar refractivity (Wildman–Crippen MR) is 204 cm³/mol. The second-order valence-corrected chi connectivity index (χ2v) is 12.5. The first-order valence-electron chi connectivity index (χ1n) is 18.5. The quantitative estimate of drug-likeness (QED) is 0.136. The molecule has 0 bridgehead atoms. The van der Waals surface area contributed by atoms with Crippen molar-refractivity contribution in [3.05, 3.63) is 103 Å². The molecule has 47 heavy (non-hydrogen) atoms. The lowest BCUT2D eigenvalue weighted by Gasteiger charge is -2.25. The molecule has 0 unspecified atom stereocenters. The number of hydrogen-bond acceptors (Lipinski definition) is 5. The van der Waals surface area contributed by atoms with Gasteiger partial charge in [-0.2, -0.15) is 0 Å². The van der Waals surface area contributed by atoms with Gasteiger partial charge in [0.25, 0.3) is 0 Å². The van der Waals surface area contributed by atoms with Gasteiger partial charge in [-0.15, -0.1) is 0 Å². The fraction of sp³-hybridized carbons (Fsp3) is 0.585. The number of rotatable bonds is 17. The van der Waals surface area contributed by atoms with Gasteiger partial charge in [-0.05, 0) is 56.0 Å². The Morgan fingerprint density at radius 1 is 0.617 bits per heavy atom. The monoisotopic (exact) mass is 649 g/mol. The normalized spacial score (nSPS) is 14.4. The Kier molecular flexibility index (Phi) is 26.8. The lowest BCUT2D eigenvalue weighted by molar-refractivity contribution is -0.697. The summed E-state index contributed by atoms with van der Waals surface area (Å²) in [5, 5.41) is 8.53. The van der Waals surface area contributed by atoms with E-state index in [4.69, 9.17) is 5.11 Å². The summed E-state index contributed by atoms with van der Waals surface area (Å²) in [6, 6.07) is 6.17. The van der Waals surface area contributed by atoms with Crippen molar-refractivity contribution in [1.82, 2.24) is 19.6 Å². The Labute approximate surface area is 290 Å². The minimum absolute atomic E-state index is 0.286. The van der Waals surface area contributed by atoms with Crippen molar-refractivity contribution in [3.8, 4) is 0 Å². The molecule has 3 aliphatic heterocycles. The molecule has 0 fully saturated rings. The van der Waals surface area contributed by atoms with Gasteiger partial charge in [0, 0.05) is 90.4 Å². The number of unbranched alkanes of at least 4 members (excludes halogenated alkanes) is 7. The molecular weight excluding hydrogens is 578 g/mol. The Bertz CT molecular complexity index is 1030. The first-order chi connectivity index (χ1) is 23.0. The molecule has 4 rings (SSSR count). The van der Waals surface area contributed by atoms with E-state index >= 15 is 0 Å². The minimum Gasteiger partial charge on any atom is -0.396 e. The van der Waals surface area contributed by atoms with E-state index in [0.717, 1.165) is 39.1 Å². The highest BCUT2D eigenvalue weighted by Crippen LogP contribution is 2.10. The SMILES string of the molecule is CCCCCCN1C=CC(N(C)C)=CC1.CCCCCCN1C=CC=CC1.CCCC[n+]1ccccc1.OCCCN1C=CC=CC1. The molecule has 0 aromatic carbocycles. The van der Waals surface area contributed by atoms with Crippen LogP contribution in [0.4, 0.5) is 0 Å². The molecule has 0 saturated carbocycles. The average Bonchev–Trinajstić information content (AvgIpc) is 3.12. The molecule has 4 heterocycles. The van der Waals surface area contributed by atoms with Crippen LogP contribution >= 0.6 is 0 Å². The summed E-state index contributed by atoms with van der Waals surface area (Å²) in [5.74, 6) is 0. The van der Waals surface area contributed by atoms with Crippen LogP contribution in [0, 0.1) is 0 Å². The molecule has 6 nitrogen and oxygen atoms in total. The number of likely N-dealkylation sites (N-methyl/N-ethyl adjacent to an activating group) is 1. The number of pyridine rings is 1. The number of aromatic nitrogens is 1. The molecule has 0 aliphatic carbocycles. The molecule has 264 valence electrons. The first-order valence-corrected chi connectivity index (χ1v) is 18.5. The fourth-order valence-electron chi connectivity index (χ4n) is 5.05. The number of nitrogens with zero attached hydrogens (tertiary/aromatic N) is 5. The Balaban J connectivity index is 0.000000318. The van der Waals surface area contributed by atoms with Crippen molar-refractivity contribution in [3.63, 3.8) is 0 Å². The molecule has 0 radical (unpaired) electrons. The third-order valence-electron chi connectivity index (χ3n) is 8.02. The summed E-state index contributed by atoms with van der Waals surface area (Å²) in [5.41, 5.74) is 1.32. The maximum atomic E-state index is 8.53. The zero-order chi connectivity index (χ0) is 34.2. The van der Waals surface area contributed by atoms with Crippen LogP contribution in [0.15, 0.2) is 103 Å². The summed E-state index contributed by atoms with van der Waals surface area (Å²) < 4.78 is 2.21. The maximum absolute atomic E-state index is 8.53. The Hall–Kier alpha value is -3.25. The number of aliphatic hydroxyl groups excluding tert-OH is 1. The van der Waals surface area contributed by atoms with Crippen molar-refractivity contribution in [2.75, 3.05) is 60.0 Å². The molecule has 0 spiro atoms. The van der Waals surface area contributed by atoms with Gasteiger partial charge < -0.3 is 24.7 Å². The van der Waals surface area contributed by atoms with Crippen molar-refractivity contribution in [2.45, 2.75) is 97.9 Å². The Morgan fingerprint density at radius 3 is 1.57 bits per heavy atom. The third-order valence-corrected chi connectivity index (χ3v) is 8.02. The van der Waals surface area contributed by atoms with Crippen molar-refractivity contribution < 1.29 is 9.67 Å². The van der Waals surface area contributed by atoms with E-state index in [1.54, 1.807) is 0 Å². The lowest BCUT2D eigenvalue weighted by atomic mass is 10.2. The van der Waals surface area contributed by atoms with Crippen molar-refractivity contribution in [2.24, 2.45) is 0 Å². The topological polar surface area (TPSA) is 37.1 Å². The van der Waals surface area contributed by atoms with Gasteiger partial charge in [-0.1, -0.05) is 96.1 Å². The minimum atomic E-state index is 0.286. The van der Waals surface area contributed by atoms with E-state index in [0.29, 0.717) is 0 Å². The second-order valence-electron chi connectivity index (χ2n) is 12.5. The molecule has 1 N–H and O–H groups in total. The summed E-state index contributed by atoms with van der Waals surface area (Å²) in [6.07, 6.45) is 42.0. The molecule has 6 heteroatoms. The number of aliphatic hydroxyl groups is 1. The average molecular weight is 649 g/mol. The summed E-state index contributed by atoms with van der Waals surface area (Å²) in [7, 11) is 4.18. The highest BCUT2D eigenvalue weighted by atomic mass is 16.3. The zero-order valence-electron chi connectivity index (χ0n) is 30.9. The third kappa shape index (κ3) is 23.7. The van der Waals surface area contributed by atoms with E-state index in [9.17, 15) is 0 Å². The molecule has 0 atom stereocenters. The van der Waals surface area contributed by atoms with Crippen molar-refractivity contribution >= 4 is 0 Å². The van der Waals surface area contributed by atoms with Crippen molar-refractivity contribution in [1.29, 1.82) is 0 Å². The zero-order valence-corrected chi connectivity index (χ0v) is 30.9. The van der Waals surface area contributed by atoms with Crippen LogP contribution in [0.3, 0.4) is 0 Å². The van der Waals surface area contributed by atoms with Crippen LogP contribution in [-0.2, 0) is 6.54 Å². The number of hydrogen-bond donors (Lipinski definition) is 1. The van der Waals surface area contributed by atoms with Gasteiger partial charge in [0.2, 0.25) is 0 Å². The smallest absolute Gasteiger partial charge is 0.168 e. The van der Waals surface area contributed by atoms with Gasteiger partial charge in [0.15, 0.2) is 12.4 Å². The standard InChI is InChI=1S/C13H24N2.C11H19N.C9H14N.C8H13NO/c1-4-5-6-7-10-15-11-8-13(9-12-15)14(2)3;1-2-3-4-6-9-12-10-7-5-8-11-12;1-2-3-7-10-8-5-4-6-9-10;10-8-4-7-9-5-2-1-3-6-9/h8-9,11H,4-7,10,12H2,1-3H3;5,7-8,10H,2-4,6,9,11H2,1H3;4-6,8-9H,2-3,7H2,1H3;1-3,5,10H,4,6-8H2/q;;+1;. The molecule has 1 aromatic heterocycles. The predicted octanol–water partition coefficient (Wildman–Crippen LogP) is 8.32. The summed E-state index contributed by atoms with van der Waals surface area (Å²) in [4.78, 5) is 9.10. The first kappa shape index (κ1) is 41.8. The lowest BCUT2D eigenvalue weighted by Crippen LogP contribution is -2.31. The number of allylic oxidation sites excluding steroid dienone is 5. The molecule has 0 amide bonds. The summed E-state index contributed by atoms with van der Waals surface area (Å²) in [6.45, 7) is 14.7. The van der Waals surface area contributed by atoms with Gasteiger partial charge in [-0.3, -0.25) is 0 Å². The number of aryl methyl sites for hydroxylation is 1. The highest BCUT2D eigenvalue weighted by Gasteiger charge is 2.05. The van der Waals surface area contributed by atoms with E-state index in [-0.39, 0.29) is 6.61 Å². The van der Waals surface area contributed by atoms with E-state index in [1.807, 2.05) is 18.2 Å². The van der Waals surface area contributed by atoms with Crippen LogP contribution in [-0.4, -0.2) is 84.7 Å². The van der Waals surface area contributed by atoms with Gasteiger partial charge >= 0.3 is 0 Å². The van der Waals surface area contributed by atoms with E-state index < -0.39 is 0 Å². The van der Waals surface area contributed by atoms with Gasteiger partial charge in [0.05, 0.1) is 0 Å². The molecular formula is C41H70N5O+. The maximum Gasteiger partial charge on any atom is 0.168 e. The summed E-state index contributed by atoms with van der Waals surface area (Å²) >= 11 is 0. The van der Waals surface area contributed by atoms with Gasteiger partial charge in [-0.25, -0.2) is 4.57 Å². The second kappa shape index (κ2) is 30.1. The molecule has 3 aliphatic rings. The van der Waals surface area contributed by atoms with Crippen LogP contribution in [0.1, 0.15) is 91.4 Å². The van der Waals surface area contributed by atoms with E-state index in [2.05, 4.69) is 139 Å².